The molecule has 4 atom stereocenters. The van der Waals surface area contributed by atoms with E-state index in [0.29, 0.717) is 10.5 Å². The summed E-state index contributed by atoms with van der Waals surface area (Å²) in [6.07, 6.45) is 0.958. The van der Waals surface area contributed by atoms with Crippen LogP contribution in [0.3, 0.4) is 0 Å². The summed E-state index contributed by atoms with van der Waals surface area (Å²) in [4.78, 5) is 0.429. The Kier molecular flexibility index (Phi) is 4.36. The number of hydrogen-bond donors (Lipinski definition) is 1. The maximum atomic E-state index is 13.5. The minimum Gasteiger partial charge on any atom is -0.310 e. The molecular weight excluding hydrogens is 268 g/mol. The molecule has 0 spiro atoms. The van der Waals surface area contributed by atoms with Crippen molar-refractivity contribution in [3.63, 3.8) is 0 Å². The van der Waals surface area contributed by atoms with E-state index in [0.717, 1.165) is 19.0 Å². The van der Waals surface area contributed by atoms with Crippen LogP contribution < -0.4 is 5.32 Å². The molecule has 0 saturated carbocycles. The Labute approximate surface area is 115 Å². The number of benzene rings is 1. The second kappa shape index (κ2) is 5.67. The van der Waals surface area contributed by atoms with E-state index in [2.05, 4.69) is 5.32 Å². The third-order valence-corrected chi connectivity index (χ3v) is 5.71. The summed E-state index contributed by atoms with van der Waals surface area (Å²) in [6.45, 7) is 6.74. The normalized spacial score (nSPS) is 30.2. The molecule has 0 aromatic heterocycles. The molecule has 1 aromatic rings. The van der Waals surface area contributed by atoms with Crippen LogP contribution in [0.5, 0.6) is 0 Å². The molecule has 0 saturated heterocycles. The highest BCUT2D eigenvalue weighted by Crippen LogP contribution is 2.38. The van der Waals surface area contributed by atoms with Gasteiger partial charge in [-0.25, -0.2) is 8.78 Å². The van der Waals surface area contributed by atoms with Crippen LogP contribution in [0.25, 0.3) is 0 Å². The Balaban J connectivity index is 2.50. The number of halogens is 2. The number of fused-ring (bicyclic) bond motifs is 1. The van der Waals surface area contributed by atoms with E-state index in [4.69, 9.17) is 0 Å². The zero-order valence-corrected chi connectivity index (χ0v) is 12.2. The van der Waals surface area contributed by atoms with Gasteiger partial charge in [0.05, 0.1) is 10.8 Å². The van der Waals surface area contributed by atoms with Crippen molar-refractivity contribution in [3.8, 4) is 0 Å². The fourth-order valence-electron chi connectivity index (χ4n) is 2.51. The van der Waals surface area contributed by atoms with Crippen LogP contribution in [-0.2, 0) is 10.8 Å². The van der Waals surface area contributed by atoms with Gasteiger partial charge in [-0.05, 0) is 36.6 Å². The van der Waals surface area contributed by atoms with Crippen molar-refractivity contribution in [3.05, 3.63) is 29.3 Å². The van der Waals surface area contributed by atoms with Crippen molar-refractivity contribution in [1.82, 2.24) is 5.32 Å². The van der Waals surface area contributed by atoms with E-state index in [1.807, 2.05) is 20.8 Å². The molecular formula is C14H19F2NOS. The van der Waals surface area contributed by atoms with Crippen LogP contribution in [-0.4, -0.2) is 16.0 Å². The third kappa shape index (κ3) is 2.58. The Morgan fingerprint density at radius 1 is 1.26 bits per heavy atom. The molecule has 0 aliphatic carbocycles. The van der Waals surface area contributed by atoms with Crippen molar-refractivity contribution in [2.75, 3.05) is 6.54 Å². The van der Waals surface area contributed by atoms with E-state index in [1.165, 1.54) is 6.07 Å². The summed E-state index contributed by atoms with van der Waals surface area (Å²) in [7, 11) is -1.28. The molecule has 19 heavy (non-hydrogen) atoms. The van der Waals surface area contributed by atoms with Gasteiger partial charge in [0.25, 0.3) is 0 Å². The largest absolute Gasteiger partial charge is 0.310 e. The van der Waals surface area contributed by atoms with Crippen molar-refractivity contribution in [2.24, 2.45) is 5.92 Å². The first-order valence-electron chi connectivity index (χ1n) is 6.60. The predicted molar refractivity (Wildman–Crippen MR) is 72.4 cm³/mol. The standard InChI is InChI=1S/C14H19F2NOS/c1-4-5-17-14-8(2)9(3)19(18)13-7-12(16)11(15)6-10(13)14/h6-9,14,17H,4-5H2,1-3H3. The van der Waals surface area contributed by atoms with Crippen molar-refractivity contribution < 1.29 is 13.0 Å². The van der Waals surface area contributed by atoms with Gasteiger partial charge in [0, 0.05) is 16.2 Å². The molecule has 4 unspecified atom stereocenters. The lowest BCUT2D eigenvalue weighted by atomic mass is 9.91. The van der Waals surface area contributed by atoms with Crippen LogP contribution in [0.2, 0.25) is 0 Å². The molecule has 1 N–H and O–H groups in total. The monoisotopic (exact) mass is 287 g/mol. The maximum Gasteiger partial charge on any atom is 0.160 e. The highest BCUT2D eigenvalue weighted by Gasteiger charge is 2.37. The van der Waals surface area contributed by atoms with E-state index < -0.39 is 22.4 Å². The summed E-state index contributed by atoms with van der Waals surface area (Å²) in [5.41, 5.74) is 0.635. The first kappa shape index (κ1) is 14.6. The van der Waals surface area contributed by atoms with Gasteiger partial charge in [-0.1, -0.05) is 20.8 Å². The lowest BCUT2D eigenvalue weighted by Gasteiger charge is -2.36. The van der Waals surface area contributed by atoms with E-state index in [9.17, 15) is 13.0 Å². The van der Waals surface area contributed by atoms with Crippen molar-refractivity contribution >= 4 is 10.8 Å². The van der Waals surface area contributed by atoms with Crippen LogP contribution in [0.4, 0.5) is 8.78 Å². The molecule has 2 nitrogen and oxygen atoms in total. The van der Waals surface area contributed by atoms with Gasteiger partial charge < -0.3 is 5.32 Å². The molecule has 5 heteroatoms. The number of rotatable bonds is 3. The van der Waals surface area contributed by atoms with E-state index in [-0.39, 0.29) is 17.2 Å². The number of nitrogens with one attached hydrogen (secondary N) is 1. The quantitative estimate of drug-likeness (QED) is 0.925. The minimum absolute atomic E-state index is 0.0715. The van der Waals surface area contributed by atoms with Crippen LogP contribution in [0.15, 0.2) is 17.0 Å². The fourth-order valence-corrected chi connectivity index (χ4v) is 4.09. The highest BCUT2D eigenvalue weighted by molar-refractivity contribution is 7.85. The Morgan fingerprint density at radius 2 is 1.89 bits per heavy atom. The SMILES string of the molecule is CCCNC1c2cc(F)c(F)cc2S(=O)C(C)C1C. The first-order valence-corrected chi connectivity index (χ1v) is 7.81. The van der Waals surface area contributed by atoms with E-state index >= 15 is 0 Å². The number of hydrogen-bond acceptors (Lipinski definition) is 2. The first-order chi connectivity index (χ1) is 8.97. The molecule has 0 radical (unpaired) electrons. The smallest absolute Gasteiger partial charge is 0.160 e. The van der Waals surface area contributed by atoms with Crippen LogP contribution >= 0.6 is 0 Å². The van der Waals surface area contributed by atoms with E-state index in [1.54, 1.807) is 0 Å². The maximum absolute atomic E-state index is 13.5. The Bertz CT molecular complexity index is 506. The summed E-state index contributed by atoms with van der Waals surface area (Å²) < 4.78 is 39.1. The fraction of sp³-hybridized carbons (Fsp3) is 0.571. The summed E-state index contributed by atoms with van der Waals surface area (Å²) in [5.74, 6) is -1.69. The second-order valence-electron chi connectivity index (χ2n) is 5.10. The topological polar surface area (TPSA) is 29.1 Å². The zero-order chi connectivity index (χ0) is 14.2. The molecule has 1 aliphatic rings. The third-order valence-electron chi connectivity index (χ3n) is 3.82. The summed E-state index contributed by atoms with van der Waals surface area (Å²) >= 11 is 0. The van der Waals surface area contributed by atoms with Crippen molar-refractivity contribution in [2.45, 2.75) is 43.4 Å². The van der Waals surface area contributed by atoms with Gasteiger partial charge >= 0.3 is 0 Å². The molecule has 1 heterocycles. The average molecular weight is 287 g/mol. The van der Waals surface area contributed by atoms with Gasteiger partial charge in [-0.2, -0.15) is 0 Å². The van der Waals surface area contributed by atoms with Gasteiger partial charge in [0.15, 0.2) is 11.6 Å². The van der Waals surface area contributed by atoms with Crippen LogP contribution in [0.1, 0.15) is 38.8 Å². The van der Waals surface area contributed by atoms with Crippen molar-refractivity contribution in [1.29, 1.82) is 0 Å². The molecule has 1 aliphatic heterocycles. The molecule has 2 rings (SSSR count). The average Bonchev–Trinajstić information content (AvgIpc) is 2.39. The molecule has 1 aromatic carbocycles. The molecule has 0 fully saturated rings. The minimum atomic E-state index is -1.28. The predicted octanol–water partition coefficient (Wildman–Crippen LogP) is 3.15. The van der Waals surface area contributed by atoms with Gasteiger partial charge in [-0.15, -0.1) is 0 Å². The Morgan fingerprint density at radius 3 is 2.53 bits per heavy atom. The summed E-state index contributed by atoms with van der Waals surface area (Å²) in [6, 6.07) is 2.21. The van der Waals surface area contributed by atoms with Gasteiger partial charge in [0.1, 0.15) is 0 Å². The Hall–Kier alpha value is -0.810. The lowest BCUT2D eigenvalue weighted by molar-refractivity contribution is 0.363. The zero-order valence-electron chi connectivity index (χ0n) is 11.4. The van der Waals surface area contributed by atoms with Crippen LogP contribution in [0, 0.1) is 17.6 Å². The summed E-state index contributed by atoms with van der Waals surface area (Å²) in [5, 5.41) is 3.27. The van der Waals surface area contributed by atoms with Gasteiger partial charge in [0.2, 0.25) is 0 Å². The highest BCUT2D eigenvalue weighted by atomic mass is 32.2. The molecule has 0 amide bonds. The molecule has 106 valence electrons. The second-order valence-corrected chi connectivity index (χ2v) is 6.88. The van der Waals surface area contributed by atoms with Gasteiger partial charge in [-0.3, -0.25) is 4.21 Å². The lowest BCUT2D eigenvalue weighted by Crippen LogP contribution is -2.39. The molecule has 0 bridgehead atoms.